The Morgan fingerprint density at radius 1 is 1.47 bits per heavy atom. The topological polar surface area (TPSA) is 37.3 Å². The minimum absolute atomic E-state index is 0.298. The third-order valence-corrected chi connectivity index (χ3v) is 4.14. The third-order valence-electron chi connectivity index (χ3n) is 2.53. The van der Waals surface area contributed by atoms with Gasteiger partial charge in [0, 0.05) is 9.49 Å². The fourth-order valence-corrected chi connectivity index (χ4v) is 3.13. The maximum absolute atomic E-state index is 10.9. The average Bonchev–Trinajstić information content (AvgIpc) is 2.69. The Bertz CT molecular complexity index is 420. The highest BCUT2D eigenvalue weighted by Crippen LogP contribution is 2.64. The zero-order valence-electron chi connectivity index (χ0n) is 7.45. The Labute approximate surface area is 111 Å². The number of carbonyl (C=O) groups is 1. The van der Waals surface area contributed by atoms with E-state index < -0.39 is 16.2 Å². The van der Waals surface area contributed by atoms with Crippen molar-refractivity contribution in [2.75, 3.05) is 0 Å². The monoisotopic (exact) mass is 356 g/mol. The molecule has 1 fully saturated rings. The van der Waals surface area contributed by atoms with Crippen LogP contribution in [-0.4, -0.2) is 15.4 Å². The molecule has 2 atom stereocenters. The largest absolute Gasteiger partial charge is 0.481 e. The number of carboxylic acid groups (broad SMARTS) is 1. The lowest BCUT2D eigenvalue weighted by atomic mass is 10.1. The van der Waals surface area contributed by atoms with Crippen LogP contribution in [0.5, 0.6) is 0 Å². The zero-order valence-corrected chi connectivity index (χ0v) is 11.1. The summed E-state index contributed by atoms with van der Waals surface area (Å²) in [7, 11) is 0. The number of hydrogen-bond donors (Lipinski definition) is 1. The van der Waals surface area contributed by atoms with Crippen LogP contribution in [0.3, 0.4) is 0 Å². The van der Waals surface area contributed by atoms with Crippen molar-refractivity contribution in [3.63, 3.8) is 0 Å². The first-order valence-electron chi connectivity index (χ1n) is 4.30. The van der Waals surface area contributed by atoms with Crippen molar-refractivity contribution in [2.45, 2.75) is 10.3 Å². The molecule has 0 radical (unpaired) electrons. The van der Waals surface area contributed by atoms with E-state index in [1.165, 1.54) is 0 Å². The van der Waals surface area contributed by atoms with Crippen LogP contribution in [0.25, 0.3) is 0 Å². The number of carboxylic acids is 1. The Hall–Kier alpha value is -0.000000000000000222. The van der Waals surface area contributed by atoms with Gasteiger partial charge in [0.1, 0.15) is 4.33 Å². The average molecular weight is 357 g/mol. The first kappa shape index (κ1) is 11.5. The molecular weight excluding hydrogens is 350 g/mol. The predicted octanol–water partition coefficient (Wildman–Crippen LogP) is 3.26. The van der Waals surface area contributed by atoms with E-state index in [1.807, 2.05) is 24.3 Å². The van der Waals surface area contributed by atoms with Gasteiger partial charge in [0.25, 0.3) is 0 Å². The molecule has 0 heterocycles. The van der Waals surface area contributed by atoms with Gasteiger partial charge in [0.05, 0.1) is 5.92 Å². The van der Waals surface area contributed by atoms with E-state index in [9.17, 15) is 4.79 Å². The molecule has 15 heavy (non-hydrogen) atoms. The second-order valence-electron chi connectivity index (χ2n) is 3.52. The SMILES string of the molecule is O=C(O)C1C(c2cccc(I)c2)C1(Cl)Cl. The maximum atomic E-state index is 10.9. The number of benzene rings is 1. The van der Waals surface area contributed by atoms with E-state index in [2.05, 4.69) is 22.6 Å². The van der Waals surface area contributed by atoms with Crippen LogP contribution < -0.4 is 0 Å². The van der Waals surface area contributed by atoms with Gasteiger partial charge in [0.2, 0.25) is 0 Å². The van der Waals surface area contributed by atoms with E-state index >= 15 is 0 Å². The van der Waals surface area contributed by atoms with Crippen LogP contribution in [0, 0.1) is 9.49 Å². The standard InChI is InChI=1S/C10H7Cl2IO2/c11-10(12)7(8(10)9(14)15)5-2-1-3-6(13)4-5/h1-4,7-8H,(H,14,15). The highest BCUT2D eigenvalue weighted by Gasteiger charge is 2.68. The molecule has 0 bridgehead atoms. The lowest BCUT2D eigenvalue weighted by Crippen LogP contribution is -2.03. The molecular formula is C10H7Cl2IO2. The molecule has 0 aromatic heterocycles. The van der Waals surface area contributed by atoms with Crippen LogP contribution in [0.1, 0.15) is 11.5 Å². The Morgan fingerprint density at radius 3 is 2.60 bits per heavy atom. The highest BCUT2D eigenvalue weighted by atomic mass is 127. The van der Waals surface area contributed by atoms with Gasteiger partial charge in [0.15, 0.2) is 0 Å². The molecule has 1 aromatic rings. The van der Waals surface area contributed by atoms with Crippen molar-refractivity contribution in [3.8, 4) is 0 Å². The number of aliphatic carboxylic acids is 1. The van der Waals surface area contributed by atoms with Crippen LogP contribution >= 0.6 is 45.8 Å². The van der Waals surface area contributed by atoms with Crippen molar-refractivity contribution in [1.82, 2.24) is 0 Å². The van der Waals surface area contributed by atoms with Crippen molar-refractivity contribution in [2.24, 2.45) is 5.92 Å². The second-order valence-corrected chi connectivity index (χ2v) is 6.21. The Kier molecular flexibility index (Phi) is 2.90. The summed E-state index contributed by atoms with van der Waals surface area (Å²) in [5.41, 5.74) is 0.888. The fourth-order valence-electron chi connectivity index (χ4n) is 1.75. The van der Waals surface area contributed by atoms with Gasteiger partial charge in [-0.25, -0.2) is 0 Å². The molecule has 80 valence electrons. The molecule has 2 nitrogen and oxygen atoms in total. The minimum Gasteiger partial charge on any atom is -0.481 e. The van der Waals surface area contributed by atoms with Crippen LogP contribution in [0.15, 0.2) is 24.3 Å². The van der Waals surface area contributed by atoms with E-state index in [0.717, 1.165) is 9.13 Å². The van der Waals surface area contributed by atoms with Crippen LogP contribution in [0.4, 0.5) is 0 Å². The van der Waals surface area contributed by atoms with E-state index in [0.29, 0.717) is 0 Å². The molecule has 0 spiro atoms. The third kappa shape index (κ3) is 1.97. The van der Waals surface area contributed by atoms with Crippen LogP contribution in [-0.2, 0) is 4.79 Å². The lowest BCUT2D eigenvalue weighted by molar-refractivity contribution is -0.138. The first-order chi connectivity index (χ1) is 6.94. The molecule has 1 saturated carbocycles. The zero-order chi connectivity index (χ0) is 11.2. The van der Waals surface area contributed by atoms with Gasteiger partial charge in [-0.05, 0) is 40.3 Å². The van der Waals surface area contributed by atoms with E-state index in [1.54, 1.807) is 0 Å². The van der Waals surface area contributed by atoms with Gasteiger partial charge >= 0.3 is 5.97 Å². The quantitative estimate of drug-likeness (QED) is 0.652. The second kappa shape index (κ2) is 3.79. The Morgan fingerprint density at radius 2 is 2.13 bits per heavy atom. The highest BCUT2D eigenvalue weighted by molar-refractivity contribution is 14.1. The summed E-state index contributed by atoms with van der Waals surface area (Å²) in [6, 6.07) is 7.58. The van der Waals surface area contributed by atoms with Gasteiger partial charge in [-0.2, -0.15) is 0 Å². The fraction of sp³-hybridized carbons (Fsp3) is 0.300. The van der Waals surface area contributed by atoms with Gasteiger partial charge in [-0.1, -0.05) is 35.3 Å². The summed E-state index contributed by atoms with van der Waals surface area (Å²) in [6.45, 7) is 0. The molecule has 0 amide bonds. The summed E-state index contributed by atoms with van der Waals surface area (Å²) in [4.78, 5) is 10.9. The molecule has 5 heteroatoms. The normalized spacial score (nSPS) is 27.4. The minimum atomic E-state index is -1.16. The summed E-state index contributed by atoms with van der Waals surface area (Å²) in [5.74, 6) is -1.93. The van der Waals surface area contributed by atoms with E-state index in [-0.39, 0.29) is 5.92 Å². The summed E-state index contributed by atoms with van der Waals surface area (Å²) >= 11 is 14.0. The summed E-state index contributed by atoms with van der Waals surface area (Å²) in [5, 5.41) is 8.92. The molecule has 0 aliphatic heterocycles. The van der Waals surface area contributed by atoms with Gasteiger partial charge in [-0.3, -0.25) is 4.79 Å². The lowest BCUT2D eigenvalue weighted by Gasteiger charge is -2.00. The summed E-state index contributed by atoms with van der Waals surface area (Å²) < 4.78 is -0.110. The van der Waals surface area contributed by atoms with Gasteiger partial charge < -0.3 is 5.11 Å². The van der Waals surface area contributed by atoms with Crippen molar-refractivity contribution < 1.29 is 9.90 Å². The number of alkyl halides is 2. The van der Waals surface area contributed by atoms with Crippen molar-refractivity contribution in [1.29, 1.82) is 0 Å². The smallest absolute Gasteiger partial charge is 0.310 e. The molecule has 1 aromatic carbocycles. The molecule has 1 aliphatic carbocycles. The molecule has 0 saturated heterocycles. The van der Waals surface area contributed by atoms with Crippen LogP contribution in [0.2, 0.25) is 0 Å². The van der Waals surface area contributed by atoms with Crippen molar-refractivity contribution >= 4 is 51.8 Å². The number of halogens is 3. The Balaban J connectivity index is 2.31. The predicted molar refractivity (Wildman–Crippen MR) is 67.5 cm³/mol. The van der Waals surface area contributed by atoms with Gasteiger partial charge in [-0.15, -0.1) is 0 Å². The molecule has 2 rings (SSSR count). The maximum Gasteiger partial charge on any atom is 0.310 e. The summed E-state index contributed by atoms with van der Waals surface area (Å²) in [6.07, 6.45) is 0. The first-order valence-corrected chi connectivity index (χ1v) is 6.14. The molecule has 2 unspecified atom stereocenters. The number of hydrogen-bond acceptors (Lipinski definition) is 1. The molecule has 1 N–H and O–H groups in total. The van der Waals surface area contributed by atoms with E-state index in [4.69, 9.17) is 28.3 Å². The van der Waals surface area contributed by atoms with Crippen molar-refractivity contribution in [3.05, 3.63) is 33.4 Å². The number of rotatable bonds is 2. The molecule has 1 aliphatic rings.